The molecule has 1 amide bonds. The number of rotatable bonds is 5. The second-order valence-electron chi connectivity index (χ2n) is 4.81. The summed E-state index contributed by atoms with van der Waals surface area (Å²) in [5.41, 5.74) is 0.659. The lowest BCUT2D eigenvalue weighted by Crippen LogP contribution is -2.48. The van der Waals surface area contributed by atoms with Crippen LogP contribution < -0.4 is 4.74 Å². The first-order chi connectivity index (χ1) is 9.76. The van der Waals surface area contributed by atoms with Crippen LogP contribution in [0.15, 0.2) is 36.9 Å². The van der Waals surface area contributed by atoms with E-state index in [1.54, 1.807) is 0 Å². The van der Waals surface area contributed by atoms with E-state index in [0.29, 0.717) is 17.9 Å². The first-order valence-electron chi connectivity index (χ1n) is 7.10. The van der Waals surface area contributed by atoms with Gasteiger partial charge in [-0.25, -0.2) is 0 Å². The van der Waals surface area contributed by atoms with Crippen LogP contribution in [0.25, 0.3) is 0 Å². The standard InChI is InChI=1S/C16H22N2O2/c1-3-9-17-10-12-18(13-11-17)16(19)14-7-5-6-8-15(14)20-4-2/h3,5-8H,1,4,9-13H2,2H3. The van der Waals surface area contributed by atoms with E-state index in [-0.39, 0.29) is 5.91 Å². The monoisotopic (exact) mass is 274 g/mol. The molecule has 1 aliphatic heterocycles. The van der Waals surface area contributed by atoms with Gasteiger partial charge in [0.15, 0.2) is 0 Å². The van der Waals surface area contributed by atoms with Crippen LogP contribution in [0, 0.1) is 0 Å². The molecule has 1 fully saturated rings. The predicted molar refractivity (Wildman–Crippen MR) is 80.2 cm³/mol. The second-order valence-corrected chi connectivity index (χ2v) is 4.81. The number of para-hydroxylation sites is 1. The Hall–Kier alpha value is -1.81. The Balaban J connectivity index is 2.03. The van der Waals surface area contributed by atoms with Gasteiger partial charge in [0.2, 0.25) is 0 Å². The molecule has 1 aromatic carbocycles. The zero-order valence-corrected chi connectivity index (χ0v) is 12.0. The van der Waals surface area contributed by atoms with Gasteiger partial charge in [-0.15, -0.1) is 6.58 Å². The highest BCUT2D eigenvalue weighted by molar-refractivity contribution is 5.97. The van der Waals surface area contributed by atoms with Crippen LogP contribution in [0.1, 0.15) is 17.3 Å². The number of nitrogens with zero attached hydrogens (tertiary/aromatic N) is 2. The van der Waals surface area contributed by atoms with Crippen LogP contribution in [0.3, 0.4) is 0 Å². The van der Waals surface area contributed by atoms with Crippen molar-refractivity contribution < 1.29 is 9.53 Å². The number of amides is 1. The van der Waals surface area contributed by atoms with Gasteiger partial charge in [0.25, 0.3) is 5.91 Å². The summed E-state index contributed by atoms with van der Waals surface area (Å²) >= 11 is 0. The molecule has 0 spiro atoms. The molecule has 1 aromatic rings. The summed E-state index contributed by atoms with van der Waals surface area (Å²) in [6.45, 7) is 10.4. The predicted octanol–water partition coefficient (Wildman–Crippen LogP) is 2.03. The second kappa shape index (κ2) is 7.10. The Morgan fingerprint density at radius 1 is 1.30 bits per heavy atom. The minimum absolute atomic E-state index is 0.0623. The zero-order valence-electron chi connectivity index (χ0n) is 12.0. The van der Waals surface area contributed by atoms with Crippen molar-refractivity contribution in [1.82, 2.24) is 9.80 Å². The van der Waals surface area contributed by atoms with Crippen molar-refractivity contribution in [3.8, 4) is 5.75 Å². The fourth-order valence-electron chi connectivity index (χ4n) is 2.41. The molecule has 1 heterocycles. The molecule has 0 bridgehead atoms. The number of piperazine rings is 1. The first kappa shape index (κ1) is 14.6. The Kier molecular flexibility index (Phi) is 5.18. The highest BCUT2D eigenvalue weighted by atomic mass is 16.5. The molecular formula is C16H22N2O2. The Bertz CT molecular complexity index is 465. The maximum Gasteiger partial charge on any atom is 0.257 e. The molecular weight excluding hydrogens is 252 g/mol. The number of carbonyl (C=O) groups is 1. The van der Waals surface area contributed by atoms with Crippen LogP contribution in [0.2, 0.25) is 0 Å². The van der Waals surface area contributed by atoms with E-state index in [1.807, 2.05) is 42.2 Å². The van der Waals surface area contributed by atoms with E-state index >= 15 is 0 Å². The normalized spacial score (nSPS) is 15.9. The SMILES string of the molecule is C=CCN1CCN(C(=O)c2ccccc2OCC)CC1. The molecule has 0 saturated carbocycles. The summed E-state index contributed by atoms with van der Waals surface area (Å²) in [7, 11) is 0. The number of hydrogen-bond donors (Lipinski definition) is 0. The van der Waals surface area contributed by atoms with Gasteiger partial charge >= 0.3 is 0 Å². The quantitative estimate of drug-likeness (QED) is 0.770. The summed E-state index contributed by atoms with van der Waals surface area (Å²) in [6, 6.07) is 7.46. The van der Waals surface area contributed by atoms with Crippen molar-refractivity contribution in [1.29, 1.82) is 0 Å². The molecule has 0 aromatic heterocycles. The average molecular weight is 274 g/mol. The summed E-state index contributed by atoms with van der Waals surface area (Å²) in [6.07, 6.45) is 1.90. The summed E-state index contributed by atoms with van der Waals surface area (Å²) in [5.74, 6) is 0.737. The largest absolute Gasteiger partial charge is 0.493 e. The minimum atomic E-state index is 0.0623. The van der Waals surface area contributed by atoms with E-state index in [0.717, 1.165) is 32.7 Å². The molecule has 4 heteroatoms. The maximum atomic E-state index is 12.6. The van der Waals surface area contributed by atoms with Gasteiger partial charge in [-0.3, -0.25) is 9.69 Å². The number of ether oxygens (including phenoxy) is 1. The Morgan fingerprint density at radius 2 is 2.00 bits per heavy atom. The van der Waals surface area contributed by atoms with Crippen LogP contribution >= 0.6 is 0 Å². The summed E-state index contributed by atoms with van der Waals surface area (Å²) in [5, 5.41) is 0. The molecule has 108 valence electrons. The maximum absolute atomic E-state index is 12.6. The van der Waals surface area contributed by atoms with Gasteiger partial charge in [-0.2, -0.15) is 0 Å². The smallest absolute Gasteiger partial charge is 0.257 e. The van der Waals surface area contributed by atoms with E-state index in [9.17, 15) is 4.79 Å². The molecule has 2 rings (SSSR count). The molecule has 0 radical (unpaired) electrons. The van der Waals surface area contributed by atoms with Gasteiger partial charge in [0.1, 0.15) is 5.75 Å². The topological polar surface area (TPSA) is 32.8 Å². The third-order valence-corrected chi connectivity index (χ3v) is 3.46. The first-order valence-corrected chi connectivity index (χ1v) is 7.10. The Labute approximate surface area is 120 Å². The molecule has 0 unspecified atom stereocenters. The highest BCUT2D eigenvalue weighted by Crippen LogP contribution is 2.20. The van der Waals surface area contributed by atoms with Crippen molar-refractivity contribution in [3.05, 3.63) is 42.5 Å². The van der Waals surface area contributed by atoms with Crippen molar-refractivity contribution in [2.45, 2.75) is 6.92 Å². The van der Waals surface area contributed by atoms with E-state index in [4.69, 9.17) is 4.74 Å². The van der Waals surface area contributed by atoms with E-state index in [1.165, 1.54) is 0 Å². The lowest BCUT2D eigenvalue weighted by molar-refractivity contribution is 0.0646. The highest BCUT2D eigenvalue weighted by Gasteiger charge is 2.23. The van der Waals surface area contributed by atoms with Crippen molar-refractivity contribution in [3.63, 3.8) is 0 Å². The fraction of sp³-hybridized carbons (Fsp3) is 0.438. The summed E-state index contributed by atoms with van der Waals surface area (Å²) < 4.78 is 5.54. The Morgan fingerprint density at radius 3 is 2.65 bits per heavy atom. The van der Waals surface area contributed by atoms with Gasteiger partial charge in [-0.05, 0) is 19.1 Å². The van der Waals surface area contributed by atoms with Gasteiger partial charge in [-0.1, -0.05) is 18.2 Å². The molecule has 20 heavy (non-hydrogen) atoms. The molecule has 1 aliphatic rings. The van der Waals surface area contributed by atoms with Crippen molar-refractivity contribution in [2.75, 3.05) is 39.3 Å². The fourth-order valence-corrected chi connectivity index (χ4v) is 2.41. The lowest BCUT2D eigenvalue weighted by Gasteiger charge is -2.34. The number of benzene rings is 1. The molecule has 0 aliphatic carbocycles. The third kappa shape index (κ3) is 3.39. The van der Waals surface area contributed by atoms with Gasteiger partial charge in [0, 0.05) is 32.7 Å². The van der Waals surface area contributed by atoms with Gasteiger partial charge < -0.3 is 9.64 Å². The van der Waals surface area contributed by atoms with Crippen molar-refractivity contribution >= 4 is 5.91 Å². The molecule has 0 N–H and O–H groups in total. The van der Waals surface area contributed by atoms with Gasteiger partial charge in [0.05, 0.1) is 12.2 Å². The number of carbonyl (C=O) groups excluding carboxylic acids is 1. The molecule has 1 saturated heterocycles. The van der Waals surface area contributed by atoms with Crippen LogP contribution in [-0.4, -0.2) is 55.0 Å². The minimum Gasteiger partial charge on any atom is -0.493 e. The summed E-state index contributed by atoms with van der Waals surface area (Å²) in [4.78, 5) is 16.8. The van der Waals surface area contributed by atoms with Crippen LogP contribution in [0.5, 0.6) is 5.75 Å². The zero-order chi connectivity index (χ0) is 14.4. The molecule has 0 atom stereocenters. The molecule has 4 nitrogen and oxygen atoms in total. The van der Waals surface area contributed by atoms with E-state index in [2.05, 4.69) is 11.5 Å². The number of hydrogen-bond acceptors (Lipinski definition) is 3. The van der Waals surface area contributed by atoms with Crippen LogP contribution in [-0.2, 0) is 0 Å². The van der Waals surface area contributed by atoms with Crippen LogP contribution in [0.4, 0.5) is 0 Å². The third-order valence-electron chi connectivity index (χ3n) is 3.46. The average Bonchev–Trinajstić information content (AvgIpc) is 2.49. The van der Waals surface area contributed by atoms with E-state index < -0.39 is 0 Å². The van der Waals surface area contributed by atoms with Crippen molar-refractivity contribution in [2.24, 2.45) is 0 Å². The lowest BCUT2D eigenvalue weighted by atomic mass is 10.1.